The van der Waals surface area contributed by atoms with Crippen LogP contribution in [0.1, 0.15) is 28.3 Å². The number of aliphatic imine (C=N–C) groups is 1. The summed E-state index contributed by atoms with van der Waals surface area (Å²) in [5.74, 6) is 2.27. The second-order valence-corrected chi connectivity index (χ2v) is 7.21. The number of hydrogen-bond donors (Lipinski definition) is 2. The van der Waals surface area contributed by atoms with Gasteiger partial charge in [0.15, 0.2) is 5.96 Å². The van der Waals surface area contributed by atoms with Crippen LogP contribution in [0.4, 0.5) is 0 Å². The Kier molecular flexibility index (Phi) is 9.00. The van der Waals surface area contributed by atoms with E-state index < -0.39 is 0 Å². The van der Waals surface area contributed by atoms with Gasteiger partial charge < -0.3 is 19.8 Å². The summed E-state index contributed by atoms with van der Waals surface area (Å²) in [4.78, 5) is 12.5. The Bertz CT molecular complexity index is 694. The summed E-state index contributed by atoms with van der Waals surface area (Å²) in [6.45, 7) is 8.64. The molecule has 2 aromatic rings. The summed E-state index contributed by atoms with van der Waals surface area (Å²) >= 11 is 1.79. The zero-order valence-electron chi connectivity index (χ0n) is 16.0. The molecule has 0 amide bonds. The molecule has 0 aliphatic carbocycles. The highest BCUT2D eigenvalue weighted by atomic mass is 127. The minimum Gasteiger partial charge on any atom is -0.444 e. The molecule has 0 bridgehead atoms. The monoisotopic (exact) mass is 505 g/mol. The third-order valence-electron chi connectivity index (χ3n) is 4.52. The highest BCUT2D eigenvalue weighted by Crippen LogP contribution is 2.25. The molecule has 1 atom stereocenters. The Hall–Kier alpha value is -1.17. The Balaban J connectivity index is 0.00000261. The molecule has 0 saturated carbocycles. The summed E-state index contributed by atoms with van der Waals surface area (Å²) in [6, 6.07) is 4.61. The van der Waals surface area contributed by atoms with Gasteiger partial charge in [-0.25, -0.2) is 4.98 Å². The van der Waals surface area contributed by atoms with E-state index in [1.54, 1.807) is 18.4 Å². The van der Waals surface area contributed by atoms with Gasteiger partial charge in [0.1, 0.15) is 5.76 Å². The van der Waals surface area contributed by atoms with E-state index in [-0.39, 0.29) is 24.0 Å². The summed E-state index contributed by atoms with van der Waals surface area (Å²) in [6.07, 6.45) is 0. The summed E-state index contributed by atoms with van der Waals surface area (Å²) in [5.41, 5.74) is 0.926. The van der Waals surface area contributed by atoms with Crippen molar-refractivity contribution in [1.82, 2.24) is 20.5 Å². The van der Waals surface area contributed by atoms with Crippen molar-refractivity contribution in [3.63, 3.8) is 0 Å². The molecule has 3 rings (SSSR count). The normalized spacial score (nSPS) is 16.6. The van der Waals surface area contributed by atoms with E-state index in [1.165, 1.54) is 4.88 Å². The van der Waals surface area contributed by atoms with Gasteiger partial charge in [0.2, 0.25) is 5.89 Å². The number of nitrogens with one attached hydrogen (secondary N) is 2. The van der Waals surface area contributed by atoms with Gasteiger partial charge in [0.25, 0.3) is 0 Å². The third kappa shape index (κ3) is 6.16. The highest BCUT2D eigenvalue weighted by Gasteiger charge is 2.23. The SMILES string of the molecule is CN=C(NCc1nc(C)c(C)o1)NCC(c1cccs1)N1CCOCC1.I. The second-order valence-electron chi connectivity index (χ2n) is 6.24. The Morgan fingerprint density at radius 2 is 2.11 bits per heavy atom. The van der Waals surface area contributed by atoms with Gasteiger partial charge in [0.05, 0.1) is 31.5 Å². The van der Waals surface area contributed by atoms with E-state index in [9.17, 15) is 0 Å². The molecule has 1 saturated heterocycles. The lowest BCUT2D eigenvalue weighted by molar-refractivity contribution is 0.0177. The number of nitrogens with zero attached hydrogens (tertiary/aromatic N) is 3. The van der Waals surface area contributed by atoms with Crippen LogP contribution in [0.3, 0.4) is 0 Å². The van der Waals surface area contributed by atoms with Crippen LogP contribution < -0.4 is 10.6 Å². The number of oxazole rings is 1. The minimum atomic E-state index is 0. The van der Waals surface area contributed by atoms with E-state index >= 15 is 0 Å². The van der Waals surface area contributed by atoms with Gasteiger partial charge in [-0.1, -0.05) is 6.07 Å². The summed E-state index contributed by atoms with van der Waals surface area (Å²) < 4.78 is 11.1. The number of guanidine groups is 1. The molecule has 3 heterocycles. The Morgan fingerprint density at radius 1 is 1.33 bits per heavy atom. The molecule has 1 aliphatic rings. The quantitative estimate of drug-likeness (QED) is 0.358. The number of aryl methyl sites for hydroxylation is 2. The van der Waals surface area contributed by atoms with E-state index in [2.05, 4.69) is 43.0 Å². The maximum Gasteiger partial charge on any atom is 0.214 e. The number of hydrogen-bond acceptors (Lipinski definition) is 6. The molecule has 2 aromatic heterocycles. The molecule has 9 heteroatoms. The fourth-order valence-electron chi connectivity index (χ4n) is 2.97. The molecule has 0 aromatic carbocycles. The van der Waals surface area contributed by atoms with E-state index in [0.717, 1.165) is 50.3 Å². The summed E-state index contributed by atoms with van der Waals surface area (Å²) in [5, 5.41) is 8.84. The van der Waals surface area contributed by atoms with Crippen molar-refractivity contribution < 1.29 is 9.15 Å². The molecule has 1 aliphatic heterocycles. The fraction of sp³-hybridized carbons (Fsp3) is 0.556. The van der Waals surface area contributed by atoms with Crippen LogP contribution in [0.5, 0.6) is 0 Å². The van der Waals surface area contributed by atoms with E-state index in [4.69, 9.17) is 9.15 Å². The zero-order chi connectivity index (χ0) is 18.4. The van der Waals surface area contributed by atoms with Crippen molar-refractivity contribution in [2.75, 3.05) is 39.9 Å². The lowest BCUT2D eigenvalue weighted by Crippen LogP contribution is -2.46. The molecule has 7 nitrogen and oxygen atoms in total. The number of morpholine rings is 1. The number of rotatable bonds is 6. The Labute approximate surface area is 181 Å². The first kappa shape index (κ1) is 22.1. The summed E-state index contributed by atoms with van der Waals surface area (Å²) in [7, 11) is 1.77. The lowest BCUT2D eigenvalue weighted by atomic mass is 10.2. The number of ether oxygens (including phenoxy) is 1. The molecule has 2 N–H and O–H groups in total. The average Bonchev–Trinajstić information content (AvgIpc) is 3.29. The van der Waals surface area contributed by atoms with Gasteiger partial charge >= 0.3 is 0 Å². The van der Waals surface area contributed by atoms with Crippen molar-refractivity contribution in [1.29, 1.82) is 0 Å². The average molecular weight is 505 g/mol. The number of thiophene rings is 1. The van der Waals surface area contributed by atoms with Crippen LogP contribution in [0.2, 0.25) is 0 Å². The molecule has 1 fully saturated rings. The highest BCUT2D eigenvalue weighted by molar-refractivity contribution is 14.0. The predicted molar refractivity (Wildman–Crippen MR) is 119 cm³/mol. The van der Waals surface area contributed by atoms with Crippen molar-refractivity contribution in [2.45, 2.75) is 26.4 Å². The molecule has 0 spiro atoms. The van der Waals surface area contributed by atoms with Gasteiger partial charge in [0, 0.05) is 31.6 Å². The van der Waals surface area contributed by atoms with Crippen molar-refractivity contribution in [3.8, 4) is 0 Å². The van der Waals surface area contributed by atoms with Gasteiger partial charge in [-0.05, 0) is 25.3 Å². The van der Waals surface area contributed by atoms with Crippen LogP contribution in [-0.4, -0.2) is 55.7 Å². The third-order valence-corrected chi connectivity index (χ3v) is 5.50. The van der Waals surface area contributed by atoms with Crippen molar-refractivity contribution in [2.24, 2.45) is 4.99 Å². The van der Waals surface area contributed by atoms with Crippen molar-refractivity contribution >= 4 is 41.3 Å². The standard InChI is InChI=1S/C18H27N5O2S.HI/c1-13-14(2)25-17(22-13)12-21-18(19-3)20-11-15(16-5-4-10-26-16)23-6-8-24-9-7-23;/h4-5,10,15H,6-9,11-12H2,1-3H3,(H2,19,20,21);1H. The largest absolute Gasteiger partial charge is 0.444 e. The van der Waals surface area contributed by atoms with Gasteiger partial charge in [-0.2, -0.15) is 0 Å². The second kappa shape index (κ2) is 11.0. The van der Waals surface area contributed by atoms with E-state index in [0.29, 0.717) is 18.5 Å². The lowest BCUT2D eigenvalue weighted by Gasteiger charge is -2.34. The Morgan fingerprint density at radius 3 is 2.70 bits per heavy atom. The molecular formula is C18H28IN5O2S. The first-order valence-electron chi connectivity index (χ1n) is 8.90. The number of halogens is 1. The molecule has 150 valence electrons. The maximum absolute atomic E-state index is 5.61. The molecular weight excluding hydrogens is 477 g/mol. The van der Waals surface area contributed by atoms with Crippen molar-refractivity contribution in [3.05, 3.63) is 39.7 Å². The van der Waals surface area contributed by atoms with Gasteiger partial charge in [-0.15, -0.1) is 35.3 Å². The van der Waals surface area contributed by atoms with Crippen LogP contribution in [0, 0.1) is 13.8 Å². The maximum atomic E-state index is 5.61. The molecule has 27 heavy (non-hydrogen) atoms. The molecule has 1 unspecified atom stereocenters. The molecule has 0 radical (unpaired) electrons. The topological polar surface area (TPSA) is 74.9 Å². The van der Waals surface area contributed by atoms with Gasteiger partial charge in [-0.3, -0.25) is 9.89 Å². The fourth-order valence-corrected chi connectivity index (χ4v) is 3.83. The zero-order valence-corrected chi connectivity index (χ0v) is 19.2. The van der Waals surface area contributed by atoms with Crippen LogP contribution in [0.25, 0.3) is 0 Å². The van der Waals surface area contributed by atoms with E-state index in [1.807, 2.05) is 13.8 Å². The predicted octanol–water partition coefficient (Wildman–Crippen LogP) is 2.71. The first-order chi connectivity index (χ1) is 12.7. The van der Waals surface area contributed by atoms with Crippen LogP contribution in [-0.2, 0) is 11.3 Å². The van der Waals surface area contributed by atoms with Crippen LogP contribution in [0.15, 0.2) is 26.9 Å². The number of aromatic nitrogens is 1. The first-order valence-corrected chi connectivity index (χ1v) is 9.78. The smallest absolute Gasteiger partial charge is 0.214 e. The van der Waals surface area contributed by atoms with Crippen LogP contribution >= 0.6 is 35.3 Å². The minimum absolute atomic E-state index is 0.